The van der Waals surface area contributed by atoms with E-state index in [2.05, 4.69) is 0 Å². The van der Waals surface area contributed by atoms with Crippen LogP contribution in [0.25, 0.3) is 21.9 Å². The zero-order valence-electron chi connectivity index (χ0n) is 17.4. The first-order chi connectivity index (χ1) is 14.0. The van der Waals surface area contributed by atoms with E-state index >= 15 is 0 Å². The van der Waals surface area contributed by atoms with E-state index in [0.717, 1.165) is 10.9 Å². The summed E-state index contributed by atoms with van der Waals surface area (Å²) in [5.74, 6) is 1.47. The lowest BCUT2D eigenvalue weighted by molar-refractivity contribution is 0.0598. The zero-order valence-corrected chi connectivity index (χ0v) is 17.4. The molecule has 0 saturated carbocycles. The van der Waals surface area contributed by atoms with Crippen molar-refractivity contribution in [1.82, 2.24) is 0 Å². The lowest BCUT2D eigenvalue weighted by atomic mass is 9.91. The van der Waals surface area contributed by atoms with Crippen molar-refractivity contribution < 1.29 is 28.5 Å². The van der Waals surface area contributed by atoms with Crippen LogP contribution in [-0.4, -0.2) is 41.5 Å². The normalized spacial score (nSPS) is 10.6. The van der Waals surface area contributed by atoms with Crippen LogP contribution in [0, 0.1) is 6.92 Å². The van der Waals surface area contributed by atoms with Gasteiger partial charge in [0.05, 0.1) is 40.9 Å². The Kier molecular flexibility index (Phi) is 5.82. The van der Waals surface area contributed by atoms with E-state index in [9.17, 15) is 4.79 Å². The van der Waals surface area contributed by atoms with Crippen LogP contribution in [0.5, 0.6) is 23.0 Å². The van der Waals surface area contributed by atoms with Gasteiger partial charge in [-0.3, -0.25) is 0 Å². The molecule has 0 aromatic heterocycles. The summed E-state index contributed by atoms with van der Waals surface area (Å²) < 4.78 is 27.7. The summed E-state index contributed by atoms with van der Waals surface area (Å²) in [5, 5.41) is 1.37. The Hall–Kier alpha value is -3.41. The highest BCUT2D eigenvalue weighted by molar-refractivity contribution is 6.13. The van der Waals surface area contributed by atoms with Crippen LogP contribution in [0.4, 0.5) is 0 Å². The predicted molar refractivity (Wildman–Crippen MR) is 112 cm³/mol. The molecule has 0 aliphatic carbocycles. The van der Waals surface area contributed by atoms with Gasteiger partial charge in [-0.2, -0.15) is 0 Å². The second-order valence-corrected chi connectivity index (χ2v) is 6.39. The molecule has 0 heterocycles. The first-order valence-corrected chi connectivity index (χ1v) is 9.00. The molecule has 0 spiro atoms. The molecule has 0 aliphatic rings. The van der Waals surface area contributed by atoms with Gasteiger partial charge in [0.1, 0.15) is 28.6 Å². The predicted octanol–water partition coefficient (Wildman–Crippen LogP) is 4.64. The molecule has 0 fully saturated rings. The summed E-state index contributed by atoms with van der Waals surface area (Å²) in [4.78, 5) is 12.9. The van der Waals surface area contributed by atoms with E-state index in [1.807, 2.05) is 37.3 Å². The summed E-state index contributed by atoms with van der Waals surface area (Å²) in [6, 6.07) is 11.3. The van der Waals surface area contributed by atoms with Gasteiger partial charge in [-0.15, -0.1) is 0 Å². The van der Waals surface area contributed by atoms with Crippen LogP contribution in [-0.2, 0) is 4.74 Å². The first kappa shape index (κ1) is 20.3. The van der Waals surface area contributed by atoms with Crippen molar-refractivity contribution in [3.05, 3.63) is 47.5 Å². The molecule has 0 amide bonds. The molecular weight excluding hydrogens is 372 g/mol. The lowest BCUT2D eigenvalue weighted by Crippen LogP contribution is -2.09. The Bertz CT molecular complexity index is 1070. The Labute approximate surface area is 169 Å². The number of hydrogen-bond acceptors (Lipinski definition) is 6. The van der Waals surface area contributed by atoms with Gasteiger partial charge < -0.3 is 23.7 Å². The number of carbonyl (C=O) groups is 1. The van der Waals surface area contributed by atoms with E-state index in [1.165, 1.54) is 14.2 Å². The molecule has 6 nitrogen and oxygen atoms in total. The number of benzene rings is 3. The van der Waals surface area contributed by atoms with Crippen LogP contribution in [0.2, 0.25) is 0 Å². The molecule has 3 rings (SSSR count). The number of aryl methyl sites for hydroxylation is 1. The van der Waals surface area contributed by atoms with Gasteiger partial charge in [0.15, 0.2) is 0 Å². The molecular formula is C23H24O6. The number of carbonyl (C=O) groups excluding carboxylic acids is 1. The molecule has 0 radical (unpaired) electrons. The standard InChI is InChI=1S/C23H24O6/c1-13-10-11-14(17(12-13)26-3)19-20(23(24)29-6)22(28-5)18-15(21(19)27-4)8-7-9-16(18)25-2/h7-12H,1-6H3. The number of esters is 1. The highest BCUT2D eigenvalue weighted by Crippen LogP contribution is 2.50. The topological polar surface area (TPSA) is 63.2 Å². The number of methoxy groups -OCH3 is 5. The fraction of sp³-hybridized carbons (Fsp3) is 0.261. The fourth-order valence-corrected chi connectivity index (χ4v) is 3.59. The molecule has 3 aromatic carbocycles. The maximum atomic E-state index is 12.9. The van der Waals surface area contributed by atoms with Crippen molar-refractivity contribution >= 4 is 16.7 Å². The fourth-order valence-electron chi connectivity index (χ4n) is 3.59. The molecule has 0 N–H and O–H groups in total. The summed E-state index contributed by atoms with van der Waals surface area (Å²) in [6.07, 6.45) is 0. The van der Waals surface area contributed by atoms with Crippen molar-refractivity contribution in [3.63, 3.8) is 0 Å². The average molecular weight is 396 g/mol. The highest BCUT2D eigenvalue weighted by atomic mass is 16.5. The Morgan fingerprint density at radius 2 is 1.48 bits per heavy atom. The molecule has 0 unspecified atom stereocenters. The molecule has 29 heavy (non-hydrogen) atoms. The molecule has 0 aliphatic heterocycles. The number of hydrogen-bond donors (Lipinski definition) is 0. The van der Waals surface area contributed by atoms with Crippen LogP contribution in [0.3, 0.4) is 0 Å². The molecule has 0 atom stereocenters. The third-order valence-corrected chi connectivity index (χ3v) is 4.85. The first-order valence-electron chi connectivity index (χ1n) is 9.00. The van der Waals surface area contributed by atoms with E-state index in [4.69, 9.17) is 23.7 Å². The van der Waals surface area contributed by atoms with E-state index in [0.29, 0.717) is 39.5 Å². The lowest BCUT2D eigenvalue weighted by Gasteiger charge is -2.22. The maximum Gasteiger partial charge on any atom is 0.342 e. The number of rotatable bonds is 6. The summed E-state index contributed by atoms with van der Waals surface area (Å²) in [6.45, 7) is 1.97. The van der Waals surface area contributed by atoms with Gasteiger partial charge in [0.2, 0.25) is 0 Å². The van der Waals surface area contributed by atoms with Gasteiger partial charge in [-0.05, 0) is 24.6 Å². The van der Waals surface area contributed by atoms with Crippen molar-refractivity contribution in [3.8, 4) is 34.1 Å². The second kappa shape index (κ2) is 8.31. The van der Waals surface area contributed by atoms with Crippen LogP contribution in [0.1, 0.15) is 15.9 Å². The minimum absolute atomic E-state index is 0.242. The quantitative estimate of drug-likeness (QED) is 0.566. The largest absolute Gasteiger partial charge is 0.496 e. The average Bonchev–Trinajstić information content (AvgIpc) is 2.76. The second-order valence-electron chi connectivity index (χ2n) is 6.39. The van der Waals surface area contributed by atoms with E-state index < -0.39 is 5.97 Å². The van der Waals surface area contributed by atoms with Crippen molar-refractivity contribution in [1.29, 1.82) is 0 Å². The molecule has 0 saturated heterocycles. The van der Waals surface area contributed by atoms with Crippen LogP contribution in [0.15, 0.2) is 36.4 Å². The van der Waals surface area contributed by atoms with Crippen LogP contribution < -0.4 is 18.9 Å². The summed E-state index contributed by atoms with van der Waals surface area (Å²) in [7, 11) is 7.55. The third kappa shape index (κ3) is 3.31. The van der Waals surface area contributed by atoms with Crippen molar-refractivity contribution in [2.45, 2.75) is 6.92 Å². The zero-order chi connectivity index (χ0) is 21.1. The van der Waals surface area contributed by atoms with Gasteiger partial charge in [-0.1, -0.05) is 24.3 Å². The monoisotopic (exact) mass is 396 g/mol. The minimum Gasteiger partial charge on any atom is -0.496 e. The minimum atomic E-state index is -0.550. The Morgan fingerprint density at radius 1 is 0.793 bits per heavy atom. The van der Waals surface area contributed by atoms with Gasteiger partial charge in [0.25, 0.3) is 0 Å². The van der Waals surface area contributed by atoms with E-state index in [1.54, 1.807) is 27.4 Å². The van der Waals surface area contributed by atoms with Gasteiger partial charge >= 0.3 is 5.97 Å². The smallest absolute Gasteiger partial charge is 0.342 e. The van der Waals surface area contributed by atoms with E-state index in [-0.39, 0.29) is 5.56 Å². The third-order valence-electron chi connectivity index (χ3n) is 4.85. The van der Waals surface area contributed by atoms with Crippen molar-refractivity contribution in [2.24, 2.45) is 0 Å². The Balaban J connectivity index is 2.61. The molecule has 0 bridgehead atoms. The van der Waals surface area contributed by atoms with Gasteiger partial charge in [0, 0.05) is 16.5 Å². The SMILES string of the molecule is COC(=O)c1c(-c2ccc(C)cc2OC)c(OC)c2cccc(OC)c2c1OC. The maximum absolute atomic E-state index is 12.9. The summed E-state index contributed by atoms with van der Waals surface area (Å²) in [5.41, 5.74) is 2.50. The highest BCUT2D eigenvalue weighted by Gasteiger charge is 2.30. The van der Waals surface area contributed by atoms with Gasteiger partial charge in [-0.25, -0.2) is 4.79 Å². The van der Waals surface area contributed by atoms with Crippen LogP contribution >= 0.6 is 0 Å². The Morgan fingerprint density at radius 3 is 2.07 bits per heavy atom. The molecule has 3 aromatic rings. The summed E-state index contributed by atoms with van der Waals surface area (Å²) >= 11 is 0. The number of fused-ring (bicyclic) bond motifs is 1. The number of ether oxygens (including phenoxy) is 5. The molecule has 152 valence electrons. The van der Waals surface area contributed by atoms with Crippen molar-refractivity contribution in [2.75, 3.05) is 35.5 Å². The molecule has 6 heteroatoms.